The van der Waals surface area contributed by atoms with Crippen LogP contribution in [0.25, 0.3) is 0 Å². The van der Waals surface area contributed by atoms with Gasteiger partial charge in [0.25, 0.3) is 0 Å². The maximum absolute atomic E-state index is 4.08. The first kappa shape index (κ1) is 10.3. The first-order chi connectivity index (χ1) is 7.45. The van der Waals surface area contributed by atoms with Crippen molar-refractivity contribution in [2.24, 2.45) is 0 Å². The fraction of sp³-hybridized carbons (Fsp3) is 0.273. The highest BCUT2D eigenvalue weighted by atomic mass is 32.1. The Morgan fingerprint density at radius 2 is 2.27 bits per heavy atom. The van der Waals surface area contributed by atoms with E-state index >= 15 is 0 Å². The molecule has 0 aromatic carbocycles. The van der Waals surface area contributed by atoms with Gasteiger partial charge in [0.1, 0.15) is 0 Å². The van der Waals surface area contributed by atoms with Crippen molar-refractivity contribution >= 4 is 11.3 Å². The van der Waals surface area contributed by atoms with Crippen molar-refractivity contribution < 1.29 is 0 Å². The molecule has 0 atom stereocenters. The Kier molecular flexibility index (Phi) is 3.82. The molecule has 78 valence electrons. The smallest absolute Gasteiger partial charge is 0.0794 e. The molecule has 0 saturated heterocycles. The number of hydrogen-bond donors (Lipinski definition) is 1. The topological polar surface area (TPSA) is 37.8 Å². The molecule has 0 aliphatic rings. The number of hydrogen-bond acceptors (Lipinski definition) is 4. The first-order valence-corrected chi connectivity index (χ1v) is 5.80. The number of pyridine rings is 1. The molecule has 0 aliphatic carbocycles. The predicted molar refractivity (Wildman–Crippen MR) is 61.8 cm³/mol. The second-order valence-corrected chi connectivity index (χ2v) is 4.23. The van der Waals surface area contributed by atoms with Crippen LogP contribution in [0.1, 0.15) is 10.4 Å². The van der Waals surface area contributed by atoms with Crippen molar-refractivity contribution in [1.29, 1.82) is 0 Å². The van der Waals surface area contributed by atoms with Gasteiger partial charge in [-0.15, -0.1) is 11.3 Å². The van der Waals surface area contributed by atoms with Gasteiger partial charge in [0.2, 0.25) is 0 Å². The summed E-state index contributed by atoms with van der Waals surface area (Å²) in [6, 6.07) is 4.07. The molecule has 0 saturated carbocycles. The van der Waals surface area contributed by atoms with Gasteiger partial charge in [0.05, 0.1) is 5.51 Å². The number of rotatable bonds is 5. The van der Waals surface area contributed by atoms with Crippen molar-refractivity contribution in [3.05, 3.63) is 46.7 Å². The highest BCUT2D eigenvalue weighted by Crippen LogP contribution is 2.04. The van der Waals surface area contributed by atoms with Gasteiger partial charge in [-0.1, -0.05) is 6.07 Å². The quantitative estimate of drug-likeness (QED) is 0.780. The zero-order valence-electron chi connectivity index (χ0n) is 8.39. The summed E-state index contributed by atoms with van der Waals surface area (Å²) in [4.78, 5) is 9.38. The van der Waals surface area contributed by atoms with Crippen molar-refractivity contribution in [3.8, 4) is 0 Å². The average molecular weight is 219 g/mol. The Balaban J connectivity index is 1.68. The van der Waals surface area contributed by atoms with Gasteiger partial charge >= 0.3 is 0 Å². The molecule has 0 bridgehead atoms. The molecular weight excluding hydrogens is 206 g/mol. The molecule has 2 aromatic heterocycles. The predicted octanol–water partition coefficient (Wildman–Crippen LogP) is 1.87. The summed E-state index contributed by atoms with van der Waals surface area (Å²) >= 11 is 1.68. The van der Waals surface area contributed by atoms with Crippen LogP contribution >= 0.6 is 11.3 Å². The van der Waals surface area contributed by atoms with Crippen molar-refractivity contribution in [3.63, 3.8) is 0 Å². The summed E-state index contributed by atoms with van der Waals surface area (Å²) in [7, 11) is 0. The lowest BCUT2D eigenvalue weighted by atomic mass is 10.2. The largest absolute Gasteiger partial charge is 0.311 e. The second kappa shape index (κ2) is 5.58. The second-order valence-electron chi connectivity index (χ2n) is 3.26. The molecule has 0 unspecified atom stereocenters. The van der Waals surface area contributed by atoms with E-state index in [2.05, 4.69) is 21.4 Å². The minimum atomic E-state index is 0.908. The minimum Gasteiger partial charge on any atom is -0.311 e. The Labute approximate surface area is 93.2 Å². The summed E-state index contributed by atoms with van der Waals surface area (Å²) in [5, 5.41) is 3.38. The molecule has 4 heteroatoms. The van der Waals surface area contributed by atoms with Crippen LogP contribution in [0.15, 0.2) is 36.2 Å². The van der Waals surface area contributed by atoms with Crippen LogP contribution in [-0.4, -0.2) is 16.5 Å². The van der Waals surface area contributed by atoms with E-state index in [0.29, 0.717) is 0 Å². The Morgan fingerprint density at radius 3 is 3.00 bits per heavy atom. The molecule has 0 fully saturated rings. The third-order valence-corrected chi connectivity index (χ3v) is 2.88. The Bertz CT molecular complexity index is 372. The van der Waals surface area contributed by atoms with Crippen molar-refractivity contribution in [2.75, 3.05) is 6.54 Å². The first-order valence-electron chi connectivity index (χ1n) is 4.92. The van der Waals surface area contributed by atoms with E-state index in [0.717, 1.165) is 19.5 Å². The van der Waals surface area contributed by atoms with Gasteiger partial charge in [-0.05, 0) is 24.6 Å². The lowest BCUT2D eigenvalue weighted by molar-refractivity contribution is 0.692. The number of aromatic nitrogens is 2. The van der Waals surface area contributed by atoms with E-state index in [4.69, 9.17) is 0 Å². The minimum absolute atomic E-state index is 0.908. The summed E-state index contributed by atoms with van der Waals surface area (Å²) in [6.45, 7) is 1.88. The molecule has 0 aliphatic heterocycles. The molecule has 2 aromatic rings. The van der Waals surface area contributed by atoms with Crippen LogP contribution in [0, 0.1) is 0 Å². The van der Waals surface area contributed by atoms with E-state index in [-0.39, 0.29) is 0 Å². The Morgan fingerprint density at radius 1 is 1.27 bits per heavy atom. The maximum atomic E-state index is 4.08. The maximum Gasteiger partial charge on any atom is 0.0794 e. The van der Waals surface area contributed by atoms with Crippen LogP contribution in [-0.2, 0) is 13.0 Å². The Hall–Kier alpha value is -1.26. The van der Waals surface area contributed by atoms with Crippen LogP contribution in [0.3, 0.4) is 0 Å². The molecule has 2 heterocycles. The van der Waals surface area contributed by atoms with Crippen LogP contribution in [0.5, 0.6) is 0 Å². The highest BCUT2D eigenvalue weighted by Gasteiger charge is 1.94. The molecule has 2 rings (SSSR count). The molecule has 0 amide bonds. The molecule has 0 spiro atoms. The lowest BCUT2D eigenvalue weighted by Gasteiger charge is -2.02. The third-order valence-electron chi connectivity index (χ3n) is 2.10. The fourth-order valence-corrected chi connectivity index (χ4v) is 1.88. The number of nitrogens with zero attached hydrogens (tertiary/aromatic N) is 2. The van der Waals surface area contributed by atoms with Gasteiger partial charge in [-0.3, -0.25) is 9.97 Å². The summed E-state index contributed by atoms with van der Waals surface area (Å²) in [5.41, 5.74) is 3.13. The lowest BCUT2D eigenvalue weighted by Crippen LogP contribution is -2.15. The normalized spacial score (nSPS) is 10.4. The third kappa shape index (κ3) is 3.42. The zero-order valence-corrected chi connectivity index (χ0v) is 9.20. The van der Waals surface area contributed by atoms with E-state index in [1.807, 2.05) is 24.0 Å². The number of nitrogens with one attached hydrogen (secondary N) is 1. The van der Waals surface area contributed by atoms with Gasteiger partial charge in [-0.25, -0.2) is 0 Å². The van der Waals surface area contributed by atoms with E-state index in [1.54, 1.807) is 17.5 Å². The molecule has 0 radical (unpaired) electrons. The average Bonchev–Trinajstić information content (AvgIpc) is 2.79. The summed E-state index contributed by atoms with van der Waals surface area (Å²) < 4.78 is 0. The van der Waals surface area contributed by atoms with E-state index < -0.39 is 0 Å². The zero-order chi connectivity index (χ0) is 10.3. The summed E-state index contributed by atoms with van der Waals surface area (Å²) in [5.74, 6) is 0. The number of thiazole rings is 1. The molecular formula is C11H13N3S. The SMILES string of the molecule is c1cncc(CCNCc2cncs2)c1. The van der Waals surface area contributed by atoms with Crippen molar-refractivity contribution in [1.82, 2.24) is 15.3 Å². The monoisotopic (exact) mass is 219 g/mol. The molecule has 3 nitrogen and oxygen atoms in total. The van der Waals surface area contributed by atoms with Gasteiger partial charge in [0.15, 0.2) is 0 Å². The van der Waals surface area contributed by atoms with Crippen LogP contribution < -0.4 is 5.32 Å². The van der Waals surface area contributed by atoms with Crippen LogP contribution in [0.4, 0.5) is 0 Å². The van der Waals surface area contributed by atoms with E-state index in [9.17, 15) is 0 Å². The standard InChI is InChI=1S/C11H13N3S/c1-2-10(6-12-4-1)3-5-13-7-11-8-14-9-15-11/h1-2,4,6,8-9,13H,3,5,7H2. The molecule has 15 heavy (non-hydrogen) atoms. The van der Waals surface area contributed by atoms with Gasteiger partial charge < -0.3 is 5.32 Å². The van der Waals surface area contributed by atoms with Gasteiger partial charge in [-0.2, -0.15) is 0 Å². The van der Waals surface area contributed by atoms with Crippen molar-refractivity contribution in [2.45, 2.75) is 13.0 Å². The van der Waals surface area contributed by atoms with Crippen LogP contribution in [0.2, 0.25) is 0 Å². The highest BCUT2D eigenvalue weighted by molar-refractivity contribution is 7.09. The van der Waals surface area contributed by atoms with E-state index in [1.165, 1.54) is 10.4 Å². The molecule has 1 N–H and O–H groups in total. The van der Waals surface area contributed by atoms with Gasteiger partial charge in [0, 0.05) is 30.0 Å². The fourth-order valence-electron chi connectivity index (χ4n) is 1.32. The summed E-state index contributed by atoms with van der Waals surface area (Å²) in [6.07, 6.45) is 6.64.